The average Bonchev–Trinajstić information content (AvgIpc) is 2.16. The molecule has 1 radical (unpaired) electrons. The van der Waals surface area contributed by atoms with Gasteiger partial charge in [-0.15, -0.1) is 6.07 Å². The van der Waals surface area contributed by atoms with E-state index in [0.717, 1.165) is 17.7 Å². The third-order valence-corrected chi connectivity index (χ3v) is 2.10. The van der Waals surface area contributed by atoms with Crippen LogP contribution in [0.4, 0.5) is 0 Å². The van der Waals surface area contributed by atoms with E-state index in [4.69, 9.17) is 9.47 Å². The molecule has 0 N–H and O–H groups in total. The van der Waals surface area contributed by atoms with E-state index in [0.29, 0.717) is 12.4 Å². The number of rotatable bonds is 1. The van der Waals surface area contributed by atoms with Crippen LogP contribution in [0.1, 0.15) is 18.9 Å². The van der Waals surface area contributed by atoms with Crippen LogP contribution in [0, 0.1) is 13.0 Å². The minimum atomic E-state index is 0. The molecule has 0 aliphatic carbocycles. The second-order valence-electron chi connectivity index (χ2n) is 3.14. The number of fused-ring (bicyclic) bond motifs is 1. The summed E-state index contributed by atoms with van der Waals surface area (Å²) in [6.45, 7) is 6.50. The summed E-state index contributed by atoms with van der Waals surface area (Å²) in [4.78, 5) is 0. The minimum absolute atomic E-state index is 0. The molecule has 1 aromatic rings. The first-order chi connectivity index (χ1) is 6.29. The molecule has 1 aliphatic rings. The molecule has 1 heterocycles. The van der Waals surface area contributed by atoms with Crippen molar-refractivity contribution in [3.63, 3.8) is 0 Å². The van der Waals surface area contributed by atoms with Gasteiger partial charge in [0.25, 0.3) is 0 Å². The second-order valence-corrected chi connectivity index (χ2v) is 3.14. The molecule has 0 fully saturated rings. The van der Waals surface area contributed by atoms with Crippen LogP contribution in [-0.4, -0.2) is 12.7 Å². The molecule has 0 aromatic heterocycles. The summed E-state index contributed by atoms with van der Waals surface area (Å²) in [6.07, 6.45) is 1.11. The molecule has 0 unspecified atom stereocenters. The Morgan fingerprint density at radius 2 is 2.36 bits per heavy atom. The maximum Gasteiger partial charge on any atom is 0.129 e. The van der Waals surface area contributed by atoms with Crippen LogP contribution in [0.15, 0.2) is 12.1 Å². The van der Waals surface area contributed by atoms with Gasteiger partial charge in [-0.1, -0.05) is 6.92 Å². The number of hydrogen-bond donors (Lipinski definition) is 0. The Balaban J connectivity index is 0.000000980. The molecule has 0 spiro atoms. The summed E-state index contributed by atoms with van der Waals surface area (Å²) in [6, 6.07) is 6.78. The summed E-state index contributed by atoms with van der Waals surface area (Å²) in [5, 5.41) is 0. The van der Waals surface area contributed by atoms with Crippen LogP contribution < -0.4 is 9.47 Å². The van der Waals surface area contributed by atoms with Gasteiger partial charge in [0.2, 0.25) is 0 Å². The maximum atomic E-state index is 5.64. The van der Waals surface area contributed by atoms with Crippen molar-refractivity contribution in [2.24, 2.45) is 0 Å². The monoisotopic (exact) mass is 265 g/mol. The van der Waals surface area contributed by atoms with Gasteiger partial charge in [-0.05, 0) is 6.42 Å². The van der Waals surface area contributed by atoms with Crippen molar-refractivity contribution in [3.05, 3.63) is 30.7 Å². The molecular formula is C11H12O2Y-2. The van der Waals surface area contributed by atoms with Crippen molar-refractivity contribution >= 4 is 0 Å². The quantitative estimate of drug-likeness (QED) is 0.725. The van der Waals surface area contributed by atoms with E-state index < -0.39 is 0 Å². The normalized spacial score (nSPS) is 18.5. The summed E-state index contributed by atoms with van der Waals surface area (Å²) in [7, 11) is 0. The summed E-state index contributed by atoms with van der Waals surface area (Å²) in [5.74, 6) is 1.47. The Hall–Kier alpha value is -0.206. The van der Waals surface area contributed by atoms with Crippen LogP contribution >= 0.6 is 0 Å². The fraction of sp³-hybridized carbons (Fsp3) is 0.364. The third kappa shape index (κ3) is 2.43. The molecule has 1 atom stereocenters. The van der Waals surface area contributed by atoms with Crippen LogP contribution in [0.2, 0.25) is 0 Å². The van der Waals surface area contributed by atoms with Crippen molar-refractivity contribution in [2.75, 3.05) is 6.61 Å². The largest absolute Gasteiger partial charge is 0.509 e. The predicted molar refractivity (Wildman–Crippen MR) is 49.9 cm³/mol. The zero-order valence-electron chi connectivity index (χ0n) is 8.25. The van der Waals surface area contributed by atoms with Gasteiger partial charge >= 0.3 is 0 Å². The van der Waals surface area contributed by atoms with Crippen molar-refractivity contribution < 1.29 is 42.2 Å². The van der Waals surface area contributed by atoms with Crippen LogP contribution in [-0.2, 0) is 32.7 Å². The number of hydrogen-bond acceptors (Lipinski definition) is 2. The van der Waals surface area contributed by atoms with Crippen LogP contribution in [0.3, 0.4) is 0 Å². The molecule has 2 rings (SSSR count). The first-order valence-electron chi connectivity index (χ1n) is 4.47. The summed E-state index contributed by atoms with van der Waals surface area (Å²) in [5.41, 5.74) is 0.833. The molecule has 3 heteroatoms. The van der Waals surface area contributed by atoms with Crippen molar-refractivity contribution in [2.45, 2.75) is 19.4 Å². The van der Waals surface area contributed by atoms with Gasteiger partial charge < -0.3 is 28.0 Å². The van der Waals surface area contributed by atoms with E-state index in [1.165, 1.54) is 0 Å². The van der Waals surface area contributed by atoms with E-state index in [1.54, 1.807) is 0 Å². The van der Waals surface area contributed by atoms with Gasteiger partial charge in [0, 0.05) is 38.5 Å². The smallest absolute Gasteiger partial charge is 0.129 e. The van der Waals surface area contributed by atoms with Gasteiger partial charge in [-0.25, -0.2) is 0 Å². The third-order valence-electron chi connectivity index (χ3n) is 2.10. The molecule has 14 heavy (non-hydrogen) atoms. The Morgan fingerprint density at radius 1 is 1.57 bits per heavy atom. The molecule has 73 valence electrons. The molecular weight excluding hydrogens is 253 g/mol. The van der Waals surface area contributed by atoms with E-state index in [-0.39, 0.29) is 38.8 Å². The Kier molecular flexibility index (Phi) is 4.27. The predicted octanol–water partition coefficient (Wildman–Crippen LogP) is 2.22. The Labute approximate surface area is 110 Å². The SMILES string of the molecule is [CH2-]c1[c-]c2c(cc1)OC[C@H](CC)O2.[Y]. The van der Waals surface area contributed by atoms with Gasteiger partial charge in [0.15, 0.2) is 0 Å². The van der Waals surface area contributed by atoms with Crippen LogP contribution in [0.25, 0.3) is 0 Å². The molecule has 0 bridgehead atoms. The molecule has 0 saturated carbocycles. The van der Waals surface area contributed by atoms with Crippen LogP contribution in [0.5, 0.6) is 11.5 Å². The Bertz CT molecular complexity index is 312. The second kappa shape index (κ2) is 5.04. The first kappa shape index (κ1) is 11.9. The molecule has 1 aromatic carbocycles. The maximum absolute atomic E-state index is 5.64. The molecule has 0 amide bonds. The minimum Gasteiger partial charge on any atom is -0.509 e. The molecule has 0 saturated heterocycles. The number of benzene rings is 1. The topological polar surface area (TPSA) is 18.5 Å². The number of ether oxygens (including phenoxy) is 2. The van der Waals surface area contributed by atoms with Gasteiger partial charge in [0.1, 0.15) is 18.5 Å². The zero-order chi connectivity index (χ0) is 9.26. The standard InChI is InChI=1S/C11H12O2.Y/c1-3-9-7-12-10-5-4-8(2)6-11(10)13-9;/h4-5,9H,2-3,7H2,1H3;/q-2;/t9-;/m0./s1. The van der Waals surface area contributed by atoms with Gasteiger partial charge in [0.05, 0.1) is 0 Å². The fourth-order valence-corrected chi connectivity index (χ4v) is 1.29. The van der Waals surface area contributed by atoms with E-state index in [9.17, 15) is 0 Å². The fourth-order valence-electron chi connectivity index (χ4n) is 1.29. The molecule has 1 aliphatic heterocycles. The van der Waals surface area contributed by atoms with Gasteiger partial charge in [-0.2, -0.15) is 0 Å². The molecule has 2 nitrogen and oxygen atoms in total. The van der Waals surface area contributed by atoms with E-state index in [2.05, 4.69) is 19.9 Å². The Morgan fingerprint density at radius 3 is 3.07 bits per heavy atom. The van der Waals surface area contributed by atoms with Crippen molar-refractivity contribution in [1.29, 1.82) is 0 Å². The zero-order valence-corrected chi connectivity index (χ0v) is 11.1. The summed E-state index contributed by atoms with van der Waals surface area (Å²) >= 11 is 0. The van der Waals surface area contributed by atoms with E-state index >= 15 is 0 Å². The first-order valence-corrected chi connectivity index (χ1v) is 4.47. The average molecular weight is 265 g/mol. The summed E-state index contributed by atoms with van der Waals surface area (Å²) < 4.78 is 11.1. The van der Waals surface area contributed by atoms with Crippen molar-refractivity contribution in [1.82, 2.24) is 0 Å². The van der Waals surface area contributed by atoms with E-state index in [1.807, 2.05) is 12.1 Å². The van der Waals surface area contributed by atoms with Crippen molar-refractivity contribution in [3.8, 4) is 11.5 Å². The van der Waals surface area contributed by atoms with Gasteiger partial charge in [-0.3, -0.25) is 6.07 Å².